The van der Waals surface area contributed by atoms with Gasteiger partial charge in [-0.3, -0.25) is 19.2 Å². The van der Waals surface area contributed by atoms with Crippen LogP contribution in [0.1, 0.15) is 11.1 Å². The maximum Gasteiger partial charge on any atom is 0.270 e. The first-order valence-electron chi connectivity index (χ1n) is 9.86. The molecule has 1 aliphatic rings. The van der Waals surface area contributed by atoms with E-state index < -0.39 is 14.9 Å². The van der Waals surface area contributed by atoms with Crippen molar-refractivity contribution in [2.45, 2.75) is 0 Å². The highest BCUT2D eigenvalue weighted by molar-refractivity contribution is 7.92. The van der Waals surface area contributed by atoms with E-state index in [0.717, 1.165) is 10.6 Å². The zero-order chi connectivity index (χ0) is 23.8. The lowest BCUT2D eigenvalue weighted by atomic mass is 9.99. The van der Waals surface area contributed by atoms with Gasteiger partial charge in [-0.15, -0.1) is 0 Å². The molecule has 10 heteroatoms. The third kappa shape index (κ3) is 4.41. The molecule has 3 aromatic carbocycles. The van der Waals surface area contributed by atoms with Crippen LogP contribution < -0.4 is 14.9 Å². The topological polar surface area (TPSA) is 122 Å². The average molecular weight is 465 g/mol. The quantitative estimate of drug-likeness (QED) is 0.324. The van der Waals surface area contributed by atoms with E-state index in [1.54, 1.807) is 24.3 Å². The van der Waals surface area contributed by atoms with E-state index in [1.807, 2.05) is 30.3 Å². The summed E-state index contributed by atoms with van der Waals surface area (Å²) in [6.45, 7) is 0. The lowest BCUT2D eigenvalue weighted by Crippen LogP contribution is -2.24. The average Bonchev–Trinajstić information content (AvgIpc) is 3.12. The van der Waals surface area contributed by atoms with Gasteiger partial charge in [0.05, 0.1) is 28.1 Å². The lowest BCUT2D eigenvalue weighted by Gasteiger charge is -2.18. The maximum atomic E-state index is 12.9. The summed E-state index contributed by atoms with van der Waals surface area (Å²) in [5.74, 6) is -0.384. The summed E-state index contributed by atoms with van der Waals surface area (Å²) in [7, 11) is -1.94. The monoisotopic (exact) mass is 464 g/mol. The first-order chi connectivity index (χ1) is 15.6. The lowest BCUT2D eigenvalue weighted by molar-refractivity contribution is -0.384. The van der Waals surface area contributed by atoms with Crippen molar-refractivity contribution < 1.29 is 18.1 Å². The van der Waals surface area contributed by atoms with Crippen molar-refractivity contribution in [2.24, 2.45) is 0 Å². The second-order valence-electron chi connectivity index (χ2n) is 7.46. The largest absolute Gasteiger partial charge is 0.354 e. The molecule has 0 atom stereocenters. The molecule has 0 radical (unpaired) electrons. The zero-order valence-corrected chi connectivity index (χ0v) is 18.6. The van der Waals surface area contributed by atoms with Gasteiger partial charge in [0.2, 0.25) is 10.0 Å². The van der Waals surface area contributed by atoms with Gasteiger partial charge in [-0.2, -0.15) is 0 Å². The second kappa shape index (κ2) is 8.40. The van der Waals surface area contributed by atoms with Crippen LogP contribution in [-0.4, -0.2) is 32.6 Å². The first kappa shape index (κ1) is 22.0. The summed E-state index contributed by atoms with van der Waals surface area (Å²) in [6.07, 6.45) is 1.12. The number of hydrogen-bond acceptors (Lipinski definition) is 6. The molecule has 1 heterocycles. The normalized spacial score (nSPS) is 14.3. The molecule has 0 aliphatic carbocycles. The molecular weight excluding hydrogens is 444 g/mol. The molecule has 0 fully saturated rings. The van der Waals surface area contributed by atoms with Gasteiger partial charge < -0.3 is 10.6 Å². The fraction of sp³-hybridized carbons (Fsp3) is 0.0870. The molecule has 33 heavy (non-hydrogen) atoms. The van der Waals surface area contributed by atoms with Crippen LogP contribution in [0, 0.1) is 10.1 Å². The fourth-order valence-corrected chi connectivity index (χ4v) is 4.00. The van der Waals surface area contributed by atoms with Crippen LogP contribution in [0.5, 0.6) is 0 Å². The number of fused-ring (bicyclic) bond motifs is 1. The minimum atomic E-state index is -3.40. The minimum absolute atomic E-state index is 0.122. The van der Waals surface area contributed by atoms with Crippen LogP contribution in [-0.2, 0) is 14.8 Å². The molecule has 0 spiro atoms. The number of nitro groups is 1. The van der Waals surface area contributed by atoms with Crippen molar-refractivity contribution in [1.29, 1.82) is 0 Å². The number of anilines is 3. The number of benzene rings is 3. The van der Waals surface area contributed by atoms with Crippen LogP contribution in [0.4, 0.5) is 22.7 Å². The van der Waals surface area contributed by atoms with E-state index in [9.17, 15) is 23.3 Å². The SMILES string of the molecule is CN(c1ccc(NC(=C2C(=O)Nc3ccc([N+](=O)[O-])cc32)c2ccccc2)cc1)S(C)(=O)=O. The van der Waals surface area contributed by atoms with Gasteiger partial charge in [0.15, 0.2) is 0 Å². The molecule has 0 saturated heterocycles. The molecular formula is C23H20N4O5S. The third-order valence-corrected chi connectivity index (χ3v) is 6.47. The van der Waals surface area contributed by atoms with E-state index in [1.165, 1.54) is 25.2 Å². The Morgan fingerprint density at radius 3 is 2.30 bits per heavy atom. The van der Waals surface area contributed by atoms with E-state index in [2.05, 4.69) is 10.6 Å². The van der Waals surface area contributed by atoms with Crippen molar-refractivity contribution in [3.8, 4) is 0 Å². The van der Waals surface area contributed by atoms with Crippen LogP contribution in [0.25, 0.3) is 11.3 Å². The molecule has 3 aromatic rings. The van der Waals surface area contributed by atoms with E-state index in [4.69, 9.17) is 0 Å². The van der Waals surface area contributed by atoms with E-state index in [-0.39, 0.29) is 17.2 Å². The molecule has 2 N–H and O–H groups in total. The predicted molar refractivity (Wildman–Crippen MR) is 128 cm³/mol. The van der Waals surface area contributed by atoms with Gasteiger partial charge in [-0.25, -0.2) is 8.42 Å². The number of amides is 1. The molecule has 0 unspecified atom stereocenters. The number of nitro benzene ring substituents is 1. The Morgan fingerprint density at radius 2 is 1.70 bits per heavy atom. The summed E-state index contributed by atoms with van der Waals surface area (Å²) >= 11 is 0. The van der Waals surface area contributed by atoms with Crippen molar-refractivity contribution in [1.82, 2.24) is 0 Å². The summed E-state index contributed by atoms with van der Waals surface area (Å²) in [5, 5.41) is 17.3. The highest BCUT2D eigenvalue weighted by atomic mass is 32.2. The molecule has 1 amide bonds. The van der Waals surface area contributed by atoms with Gasteiger partial charge in [-0.1, -0.05) is 30.3 Å². The Bertz CT molecular complexity index is 1380. The number of nitrogens with one attached hydrogen (secondary N) is 2. The Kier molecular flexibility index (Phi) is 5.60. The van der Waals surface area contributed by atoms with Crippen LogP contribution in [0.15, 0.2) is 72.8 Å². The summed E-state index contributed by atoms with van der Waals surface area (Å²) in [4.78, 5) is 23.7. The van der Waals surface area contributed by atoms with Crippen molar-refractivity contribution in [2.75, 3.05) is 28.2 Å². The summed E-state index contributed by atoms with van der Waals surface area (Å²) < 4.78 is 24.7. The smallest absolute Gasteiger partial charge is 0.270 e. The van der Waals surface area contributed by atoms with Crippen LogP contribution >= 0.6 is 0 Å². The summed E-state index contributed by atoms with van der Waals surface area (Å²) in [5.41, 5.74) is 3.33. The molecule has 9 nitrogen and oxygen atoms in total. The minimum Gasteiger partial charge on any atom is -0.354 e. The molecule has 0 saturated carbocycles. The number of carbonyl (C=O) groups excluding carboxylic acids is 1. The highest BCUT2D eigenvalue weighted by Crippen LogP contribution is 2.39. The van der Waals surface area contributed by atoms with E-state index >= 15 is 0 Å². The standard InChI is InChI=1S/C23H20N4O5S/c1-26(33(2,31)32)17-10-8-16(9-11-17)24-22(15-6-4-3-5-7-15)21-19-14-18(27(29)30)12-13-20(19)25-23(21)28/h3-14,24H,1-2H3,(H,25,28). The number of carbonyl (C=O) groups is 1. The Balaban J connectivity index is 1.82. The van der Waals surface area contributed by atoms with Gasteiger partial charge in [0, 0.05) is 36.1 Å². The van der Waals surface area contributed by atoms with Crippen molar-refractivity contribution >= 4 is 50.0 Å². The number of hydrogen-bond donors (Lipinski definition) is 2. The third-order valence-electron chi connectivity index (χ3n) is 5.27. The zero-order valence-electron chi connectivity index (χ0n) is 17.8. The summed E-state index contributed by atoms with van der Waals surface area (Å²) in [6, 6.07) is 20.0. The molecule has 1 aliphatic heterocycles. The molecule has 4 rings (SSSR count). The Morgan fingerprint density at radius 1 is 1.03 bits per heavy atom. The highest BCUT2D eigenvalue weighted by Gasteiger charge is 2.30. The van der Waals surface area contributed by atoms with Crippen LogP contribution in [0.2, 0.25) is 0 Å². The Hall–Kier alpha value is -4.18. The number of sulfonamides is 1. The molecule has 168 valence electrons. The maximum absolute atomic E-state index is 12.9. The number of nitrogens with zero attached hydrogens (tertiary/aromatic N) is 2. The number of rotatable bonds is 6. The van der Waals surface area contributed by atoms with Crippen molar-refractivity contribution in [3.05, 3.63) is 94.0 Å². The van der Waals surface area contributed by atoms with Crippen LogP contribution in [0.3, 0.4) is 0 Å². The van der Waals surface area contributed by atoms with E-state index in [0.29, 0.717) is 33.9 Å². The first-order valence-corrected chi connectivity index (χ1v) is 11.7. The Labute approximate surface area is 190 Å². The van der Waals surface area contributed by atoms with Gasteiger partial charge in [0.1, 0.15) is 0 Å². The number of non-ortho nitro benzene ring substituents is 1. The van der Waals surface area contributed by atoms with Gasteiger partial charge in [-0.05, 0) is 35.9 Å². The van der Waals surface area contributed by atoms with Gasteiger partial charge in [0.25, 0.3) is 11.6 Å². The van der Waals surface area contributed by atoms with Gasteiger partial charge >= 0.3 is 0 Å². The van der Waals surface area contributed by atoms with Crippen molar-refractivity contribution in [3.63, 3.8) is 0 Å². The second-order valence-corrected chi connectivity index (χ2v) is 9.47. The molecule has 0 aromatic heterocycles. The molecule has 0 bridgehead atoms. The fourth-order valence-electron chi connectivity index (χ4n) is 3.49. The predicted octanol–water partition coefficient (Wildman–Crippen LogP) is 3.92.